The number of carbonyl (C=O) groups excluding carboxylic acids is 1. The molecule has 1 aliphatic heterocycles. The minimum absolute atomic E-state index is 0.0877. The fraction of sp³-hybridized carbons (Fsp3) is 0.529. The molecule has 1 atom stereocenters. The highest BCUT2D eigenvalue weighted by molar-refractivity contribution is 5.89. The summed E-state index contributed by atoms with van der Waals surface area (Å²) in [6, 6.07) is 1.98. The Kier molecular flexibility index (Phi) is 3.92. The van der Waals surface area contributed by atoms with Crippen molar-refractivity contribution >= 4 is 11.7 Å². The van der Waals surface area contributed by atoms with Crippen molar-refractivity contribution in [2.45, 2.75) is 44.9 Å². The molecule has 0 radical (unpaired) electrons. The summed E-state index contributed by atoms with van der Waals surface area (Å²) in [5, 5.41) is 6.94. The Morgan fingerprint density at radius 2 is 2.25 bits per heavy atom. The monoisotopic (exact) mass is 327 g/mol. The van der Waals surface area contributed by atoms with Crippen LogP contribution in [-0.2, 0) is 12.8 Å². The number of amides is 2. The van der Waals surface area contributed by atoms with E-state index in [0.29, 0.717) is 24.8 Å². The highest BCUT2D eigenvalue weighted by Crippen LogP contribution is 2.26. The Labute approximate surface area is 140 Å². The summed E-state index contributed by atoms with van der Waals surface area (Å²) in [6.45, 7) is 3.09. The first kappa shape index (κ1) is 15.1. The van der Waals surface area contributed by atoms with E-state index in [1.165, 1.54) is 24.1 Å². The topological polar surface area (TPSA) is 84.2 Å². The zero-order valence-corrected chi connectivity index (χ0v) is 13.8. The Balaban J connectivity index is 1.40. The standard InChI is InChI=1S/C17H21N5O2/c1-11-19-16(21-24-11)13-6-7-22(10-13)17(23)20-14-8-12-4-2-3-5-15(12)18-9-14/h8-9,13H,2-7,10H2,1H3,(H,20,23). The van der Waals surface area contributed by atoms with E-state index in [-0.39, 0.29) is 11.9 Å². The average molecular weight is 327 g/mol. The summed E-state index contributed by atoms with van der Waals surface area (Å²) in [5.74, 6) is 1.40. The quantitative estimate of drug-likeness (QED) is 0.916. The third-order valence-corrected chi connectivity index (χ3v) is 4.80. The summed E-state index contributed by atoms with van der Waals surface area (Å²) in [7, 11) is 0. The third-order valence-electron chi connectivity index (χ3n) is 4.80. The zero-order chi connectivity index (χ0) is 16.5. The predicted octanol–water partition coefficient (Wildman–Crippen LogP) is 2.67. The van der Waals surface area contributed by atoms with Crippen molar-refractivity contribution in [1.82, 2.24) is 20.0 Å². The van der Waals surface area contributed by atoms with Gasteiger partial charge in [-0.15, -0.1) is 0 Å². The minimum Gasteiger partial charge on any atom is -0.340 e. The van der Waals surface area contributed by atoms with E-state index in [1.54, 1.807) is 18.0 Å². The number of urea groups is 1. The Bertz CT molecular complexity index is 757. The molecule has 1 fully saturated rings. The maximum absolute atomic E-state index is 12.5. The Morgan fingerprint density at radius 1 is 1.38 bits per heavy atom. The molecule has 24 heavy (non-hydrogen) atoms. The molecule has 1 saturated heterocycles. The molecule has 2 aliphatic rings. The first-order valence-electron chi connectivity index (χ1n) is 8.53. The van der Waals surface area contributed by atoms with Crippen LogP contribution in [0.15, 0.2) is 16.8 Å². The molecule has 0 saturated carbocycles. The first-order chi connectivity index (χ1) is 11.7. The number of pyridine rings is 1. The molecule has 1 unspecified atom stereocenters. The van der Waals surface area contributed by atoms with Crippen molar-refractivity contribution < 1.29 is 9.32 Å². The van der Waals surface area contributed by atoms with Gasteiger partial charge in [-0.05, 0) is 43.7 Å². The molecule has 7 nitrogen and oxygen atoms in total. The van der Waals surface area contributed by atoms with Crippen molar-refractivity contribution in [3.63, 3.8) is 0 Å². The zero-order valence-electron chi connectivity index (χ0n) is 13.8. The fourth-order valence-electron chi connectivity index (χ4n) is 3.50. The van der Waals surface area contributed by atoms with Crippen molar-refractivity contribution in [2.75, 3.05) is 18.4 Å². The molecule has 4 rings (SSSR count). The largest absolute Gasteiger partial charge is 0.340 e. The van der Waals surface area contributed by atoms with Gasteiger partial charge in [0.15, 0.2) is 5.82 Å². The number of carbonyl (C=O) groups is 1. The van der Waals surface area contributed by atoms with Crippen LogP contribution in [0.1, 0.15) is 48.2 Å². The molecule has 2 amide bonds. The third kappa shape index (κ3) is 2.98. The van der Waals surface area contributed by atoms with E-state index in [9.17, 15) is 4.79 Å². The van der Waals surface area contributed by atoms with Crippen LogP contribution in [0.25, 0.3) is 0 Å². The van der Waals surface area contributed by atoms with Gasteiger partial charge in [-0.25, -0.2) is 4.79 Å². The molecular weight excluding hydrogens is 306 g/mol. The second-order valence-corrected chi connectivity index (χ2v) is 6.57. The maximum atomic E-state index is 12.5. The van der Waals surface area contributed by atoms with Gasteiger partial charge in [0.25, 0.3) is 0 Å². The van der Waals surface area contributed by atoms with Crippen molar-refractivity contribution in [1.29, 1.82) is 0 Å². The van der Waals surface area contributed by atoms with Gasteiger partial charge in [0, 0.05) is 31.6 Å². The van der Waals surface area contributed by atoms with Gasteiger partial charge in [0.2, 0.25) is 5.89 Å². The van der Waals surface area contributed by atoms with Crippen LogP contribution in [0, 0.1) is 6.92 Å². The summed E-state index contributed by atoms with van der Waals surface area (Å²) in [4.78, 5) is 23.1. The number of aryl methyl sites for hydroxylation is 3. The van der Waals surface area contributed by atoms with Crippen LogP contribution in [-0.4, -0.2) is 39.1 Å². The van der Waals surface area contributed by atoms with Gasteiger partial charge >= 0.3 is 6.03 Å². The van der Waals surface area contributed by atoms with Gasteiger partial charge < -0.3 is 14.7 Å². The van der Waals surface area contributed by atoms with Crippen LogP contribution in [0.2, 0.25) is 0 Å². The number of hydrogen-bond acceptors (Lipinski definition) is 5. The van der Waals surface area contributed by atoms with Gasteiger partial charge in [-0.2, -0.15) is 4.98 Å². The van der Waals surface area contributed by atoms with Crippen LogP contribution >= 0.6 is 0 Å². The highest BCUT2D eigenvalue weighted by Gasteiger charge is 2.30. The number of likely N-dealkylation sites (tertiary alicyclic amines) is 1. The van der Waals surface area contributed by atoms with Gasteiger partial charge in [-0.3, -0.25) is 4.98 Å². The molecule has 2 aromatic heterocycles. The molecule has 3 heterocycles. The molecule has 0 aromatic carbocycles. The lowest BCUT2D eigenvalue weighted by Gasteiger charge is -2.19. The van der Waals surface area contributed by atoms with Crippen molar-refractivity contribution in [3.8, 4) is 0 Å². The average Bonchev–Trinajstić information content (AvgIpc) is 3.23. The number of nitrogens with one attached hydrogen (secondary N) is 1. The summed E-state index contributed by atoms with van der Waals surface area (Å²) < 4.78 is 5.03. The van der Waals surface area contributed by atoms with E-state index in [4.69, 9.17) is 4.52 Å². The molecule has 126 valence electrons. The normalized spacial score (nSPS) is 20.0. The van der Waals surface area contributed by atoms with E-state index in [0.717, 1.165) is 24.9 Å². The number of rotatable bonds is 2. The highest BCUT2D eigenvalue weighted by atomic mass is 16.5. The predicted molar refractivity (Wildman–Crippen MR) is 87.9 cm³/mol. The van der Waals surface area contributed by atoms with Crippen LogP contribution in [0.3, 0.4) is 0 Å². The minimum atomic E-state index is -0.0877. The molecule has 0 bridgehead atoms. The Morgan fingerprint density at radius 3 is 3.08 bits per heavy atom. The summed E-state index contributed by atoms with van der Waals surface area (Å²) in [5.41, 5.74) is 3.22. The SMILES string of the molecule is Cc1nc(C2CCN(C(=O)Nc3cnc4c(c3)CCCC4)C2)no1. The lowest BCUT2D eigenvalue weighted by atomic mass is 9.96. The lowest BCUT2D eigenvalue weighted by Crippen LogP contribution is -2.33. The molecule has 0 spiro atoms. The summed E-state index contributed by atoms with van der Waals surface area (Å²) >= 11 is 0. The van der Waals surface area contributed by atoms with E-state index < -0.39 is 0 Å². The van der Waals surface area contributed by atoms with Gasteiger partial charge in [-0.1, -0.05) is 5.16 Å². The van der Waals surface area contributed by atoms with E-state index in [2.05, 4.69) is 26.5 Å². The van der Waals surface area contributed by atoms with E-state index >= 15 is 0 Å². The molecular formula is C17H21N5O2. The van der Waals surface area contributed by atoms with Gasteiger partial charge in [0.1, 0.15) is 0 Å². The lowest BCUT2D eigenvalue weighted by molar-refractivity contribution is 0.222. The fourth-order valence-corrected chi connectivity index (χ4v) is 3.50. The first-order valence-corrected chi connectivity index (χ1v) is 8.53. The van der Waals surface area contributed by atoms with Crippen LogP contribution in [0.5, 0.6) is 0 Å². The molecule has 1 aliphatic carbocycles. The molecule has 7 heteroatoms. The number of anilines is 1. The Hall–Kier alpha value is -2.44. The van der Waals surface area contributed by atoms with Crippen LogP contribution < -0.4 is 5.32 Å². The van der Waals surface area contributed by atoms with Crippen LogP contribution in [0.4, 0.5) is 10.5 Å². The number of fused-ring (bicyclic) bond motifs is 1. The number of nitrogens with zero attached hydrogens (tertiary/aromatic N) is 4. The maximum Gasteiger partial charge on any atom is 0.321 e. The second-order valence-electron chi connectivity index (χ2n) is 6.57. The van der Waals surface area contributed by atoms with Crippen molar-refractivity contribution in [3.05, 3.63) is 35.2 Å². The van der Waals surface area contributed by atoms with Crippen molar-refractivity contribution in [2.24, 2.45) is 0 Å². The summed E-state index contributed by atoms with van der Waals surface area (Å²) in [6.07, 6.45) is 7.11. The molecule has 1 N–H and O–H groups in total. The number of hydrogen-bond donors (Lipinski definition) is 1. The number of aromatic nitrogens is 3. The van der Waals surface area contributed by atoms with E-state index in [1.807, 2.05) is 0 Å². The smallest absolute Gasteiger partial charge is 0.321 e. The molecule has 2 aromatic rings. The van der Waals surface area contributed by atoms with Gasteiger partial charge in [0.05, 0.1) is 11.9 Å². The second kappa shape index (κ2) is 6.22.